The van der Waals surface area contributed by atoms with Gasteiger partial charge >= 0.3 is 6.09 Å². The number of benzene rings is 1. The fourth-order valence-electron chi connectivity index (χ4n) is 3.25. The second-order valence-electron chi connectivity index (χ2n) is 9.04. The van der Waals surface area contributed by atoms with Gasteiger partial charge in [-0.15, -0.1) is 0 Å². The molecule has 1 aromatic carbocycles. The van der Waals surface area contributed by atoms with Crippen molar-refractivity contribution in [2.75, 3.05) is 13.3 Å². The van der Waals surface area contributed by atoms with E-state index in [1.54, 1.807) is 20.8 Å². The molecule has 0 N–H and O–H groups in total. The van der Waals surface area contributed by atoms with Crippen LogP contribution < -0.4 is 0 Å². The maximum Gasteiger partial charge on any atom is 0.410 e. The molecule has 13 heteroatoms. The normalized spacial score (nSPS) is 12.4. The van der Waals surface area contributed by atoms with Gasteiger partial charge in [0.1, 0.15) is 11.3 Å². The summed E-state index contributed by atoms with van der Waals surface area (Å²) in [5, 5.41) is 0. The van der Waals surface area contributed by atoms with Crippen molar-refractivity contribution in [3.8, 4) is 11.3 Å². The smallest absolute Gasteiger partial charge is 0.410 e. The predicted molar refractivity (Wildman–Crippen MR) is 127 cm³/mol. The first-order chi connectivity index (χ1) is 16.5. The van der Waals surface area contributed by atoms with Crippen LogP contribution in [0, 0.1) is 11.8 Å². The molecule has 9 nitrogen and oxygen atoms in total. The number of halogens is 2. The summed E-state index contributed by atoms with van der Waals surface area (Å²) in [4.78, 5) is 16.1. The maximum atomic E-state index is 15.7. The predicted octanol–water partition coefficient (Wildman–Crippen LogP) is 3.84. The van der Waals surface area contributed by atoms with Gasteiger partial charge in [-0.3, -0.25) is 0 Å². The third-order valence-corrected chi connectivity index (χ3v) is 7.67. The van der Waals surface area contributed by atoms with Crippen molar-refractivity contribution in [1.82, 2.24) is 13.9 Å². The molecule has 0 radical (unpaired) electrons. The van der Waals surface area contributed by atoms with E-state index in [9.17, 15) is 26.0 Å². The quantitative estimate of drug-likeness (QED) is 0.436. The topological polar surface area (TPSA) is 116 Å². The summed E-state index contributed by atoms with van der Waals surface area (Å²) in [5.41, 5.74) is -2.17. The lowest BCUT2D eigenvalue weighted by molar-refractivity contribution is 0.0284. The van der Waals surface area contributed by atoms with Crippen molar-refractivity contribution in [3.63, 3.8) is 0 Å². The zero-order valence-electron chi connectivity index (χ0n) is 20.2. The van der Waals surface area contributed by atoms with Crippen LogP contribution in [-0.2, 0) is 31.1 Å². The number of carbonyl (C=O) groups excluding carboxylic acids is 1. The number of ether oxygens (including phenoxy) is 1. The lowest BCUT2D eigenvalue weighted by Crippen LogP contribution is -2.33. The van der Waals surface area contributed by atoms with Gasteiger partial charge in [0.25, 0.3) is 10.0 Å². The van der Waals surface area contributed by atoms with Crippen LogP contribution in [0.25, 0.3) is 11.3 Å². The van der Waals surface area contributed by atoms with Gasteiger partial charge in [0.15, 0.2) is 15.7 Å². The van der Waals surface area contributed by atoms with Gasteiger partial charge in [0, 0.05) is 31.3 Å². The third-order valence-electron chi connectivity index (χ3n) is 4.90. The standard InChI is InChI=1S/C23H25F2N3O6S2/c1-23(2,3)34-22(29)27(4)13-15-14-28(20(19(15)24)18-10-7-11-26-21(18)25)36(32,33)17-9-6-8-16(12-17)35(5,30)31/h6-12,14H,13H2,1-5H3. The van der Waals surface area contributed by atoms with Crippen LogP contribution in [-0.4, -0.2) is 55.7 Å². The van der Waals surface area contributed by atoms with Crippen LogP contribution in [0.5, 0.6) is 0 Å². The highest BCUT2D eigenvalue weighted by Gasteiger charge is 2.30. The fraction of sp³-hybridized carbons (Fsp3) is 0.304. The Kier molecular flexibility index (Phi) is 7.29. The molecule has 0 saturated carbocycles. The number of hydrogen-bond donors (Lipinski definition) is 0. The Morgan fingerprint density at radius 3 is 2.31 bits per heavy atom. The van der Waals surface area contributed by atoms with Gasteiger partial charge in [-0.05, 0) is 51.1 Å². The van der Waals surface area contributed by atoms with Gasteiger partial charge in [-0.1, -0.05) is 6.07 Å². The van der Waals surface area contributed by atoms with E-state index >= 15 is 4.39 Å². The van der Waals surface area contributed by atoms with Gasteiger partial charge in [0.2, 0.25) is 5.95 Å². The molecule has 2 heterocycles. The molecule has 0 atom stereocenters. The van der Waals surface area contributed by atoms with Crippen LogP contribution in [0.15, 0.2) is 58.6 Å². The molecule has 0 unspecified atom stereocenters. The minimum atomic E-state index is -4.62. The lowest BCUT2D eigenvalue weighted by Gasteiger charge is -2.24. The Morgan fingerprint density at radius 2 is 1.72 bits per heavy atom. The van der Waals surface area contributed by atoms with Crippen LogP contribution in [0.1, 0.15) is 26.3 Å². The van der Waals surface area contributed by atoms with Crippen LogP contribution in [0.3, 0.4) is 0 Å². The lowest BCUT2D eigenvalue weighted by atomic mass is 10.1. The van der Waals surface area contributed by atoms with Crippen molar-refractivity contribution in [3.05, 3.63) is 66.1 Å². The minimum absolute atomic E-state index is 0.246. The number of aromatic nitrogens is 2. The van der Waals surface area contributed by atoms with Crippen molar-refractivity contribution in [2.24, 2.45) is 0 Å². The van der Waals surface area contributed by atoms with Crippen LogP contribution >= 0.6 is 0 Å². The number of amides is 1. The number of sulfone groups is 1. The molecule has 0 aliphatic rings. The minimum Gasteiger partial charge on any atom is -0.444 e. The molecule has 3 aromatic rings. The van der Waals surface area contributed by atoms with Crippen molar-refractivity contribution in [1.29, 1.82) is 0 Å². The summed E-state index contributed by atoms with van der Waals surface area (Å²) in [6, 6.07) is 6.97. The summed E-state index contributed by atoms with van der Waals surface area (Å²) >= 11 is 0. The van der Waals surface area contributed by atoms with E-state index in [0.29, 0.717) is 3.97 Å². The molecular formula is C23H25F2N3O6S2. The Bertz CT molecular complexity index is 1530. The Balaban J connectivity index is 2.19. The molecule has 3 rings (SSSR count). The zero-order valence-corrected chi connectivity index (χ0v) is 21.8. The molecule has 36 heavy (non-hydrogen) atoms. The van der Waals surface area contributed by atoms with E-state index in [0.717, 1.165) is 41.7 Å². The first-order valence-electron chi connectivity index (χ1n) is 10.5. The molecular weight excluding hydrogens is 516 g/mol. The Labute approximate surface area is 208 Å². The highest BCUT2D eigenvalue weighted by molar-refractivity contribution is 7.91. The number of carbonyl (C=O) groups is 1. The van der Waals surface area contributed by atoms with E-state index in [1.165, 1.54) is 25.2 Å². The molecule has 194 valence electrons. The molecule has 0 saturated heterocycles. The molecule has 0 aliphatic carbocycles. The van der Waals surface area contributed by atoms with E-state index in [2.05, 4.69) is 4.98 Å². The second-order valence-corrected chi connectivity index (χ2v) is 12.9. The molecule has 2 aromatic heterocycles. The average molecular weight is 542 g/mol. The van der Waals surface area contributed by atoms with Gasteiger partial charge in [-0.2, -0.15) is 4.39 Å². The Morgan fingerprint density at radius 1 is 1.08 bits per heavy atom. The van der Waals surface area contributed by atoms with Gasteiger partial charge < -0.3 is 9.64 Å². The zero-order chi connectivity index (χ0) is 27.1. The SMILES string of the molecule is CN(Cc1cn(S(=O)(=O)c2cccc(S(C)(=O)=O)c2)c(-c2cccnc2F)c1F)C(=O)OC(C)(C)C. The average Bonchev–Trinajstić information content (AvgIpc) is 3.09. The summed E-state index contributed by atoms with van der Waals surface area (Å²) < 4.78 is 87.0. The van der Waals surface area contributed by atoms with E-state index in [-0.39, 0.29) is 10.5 Å². The Hall–Kier alpha value is -3.32. The second kappa shape index (κ2) is 9.62. The molecule has 1 amide bonds. The molecule has 0 fully saturated rings. The summed E-state index contributed by atoms with van der Waals surface area (Å²) in [6.07, 6.45) is 2.16. The summed E-state index contributed by atoms with van der Waals surface area (Å²) in [6.45, 7) is 4.55. The molecule has 0 spiro atoms. The van der Waals surface area contributed by atoms with Crippen molar-refractivity contribution in [2.45, 2.75) is 42.7 Å². The van der Waals surface area contributed by atoms with Gasteiger partial charge in [-0.25, -0.2) is 35.0 Å². The van der Waals surface area contributed by atoms with E-state index in [1.807, 2.05) is 0 Å². The van der Waals surface area contributed by atoms with E-state index < -0.39 is 66.0 Å². The van der Waals surface area contributed by atoms with Crippen molar-refractivity contribution < 1.29 is 35.1 Å². The first kappa shape index (κ1) is 27.3. The van der Waals surface area contributed by atoms with Gasteiger partial charge in [0.05, 0.1) is 21.9 Å². The number of pyridine rings is 1. The largest absolute Gasteiger partial charge is 0.444 e. The number of nitrogens with zero attached hydrogens (tertiary/aromatic N) is 3. The monoisotopic (exact) mass is 541 g/mol. The highest BCUT2D eigenvalue weighted by atomic mass is 32.2. The molecule has 0 bridgehead atoms. The maximum absolute atomic E-state index is 15.7. The van der Waals surface area contributed by atoms with Crippen LogP contribution in [0.2, 0.25) is 0 Å². The fourth-order valence-corrected chi connectivity index (χ4v) is 5.43. The number of hydrogen-bond acceptors (Lipinski definition) is 7. The third kappa shape index (κ3) is 5.73. The molecule has 0 aliphatic heterocycles. The van der Waals surface area contributed by atoms with Crippen molar-refractivity contribution >= 4 is 26.0 Å². The van der Waals surface area contributed by atoms with Crippen LogP contribution in [0.4, 0.5) is 13.6 Å². The summed E-state index contributed by atoms with van der Waals surface area (Å²) in [7, 11) is -7.04. The highest BCUT2D eigenvalue weighted by Crippen LogP contribution is 2.33. The summed E-state index contributed by atoms with van der Waals surface area (Å²) in [5.74, 6) is -2.22. The number of rotatable bonds is 6. The first-order valence-corrected chi connectivity index (χ1v) is 13.9. The van der Waals surface area contributed by atoms with E-state index in [4.69, 9.17) is 4.74 Å².